The van der Waals surface area contributed by atoms with Gasteiger partial charge >= 0.3 is 0 Å². The number of likely N-dealkylation sites (N-methyl/N-ethyl adjacent to an activating group) is 1. The molecule has 37 heavy (non-hydrogen) atoms. The Bertz CT molecular complexity index is 1200. The molecule has 2 aromatic carbocycles. The number of fused-ring (bicyclic) bond motifs is 1. The second kappa shape index (κ2) is 11.1. The molecule has 3 aliphatic rings. The molecule has 1 amide bonds. The van der Waals surface area contributed by atoms with Gasteiger partial charge in [0.05, 0.1) is 11.5 Å². The minimum absolute atomic E-state index is 0.255. The van der Waals surface area contributed by atoms with Crippen LogP contribution in [0.2, 0.25) is 0 Å². The fourth-order valence-corrected chi connectivity index (χ4v) is 5.98. The highest BCUT2D eigenvalue weighted by atomic mass is 32.2. The summed E-state index contributed by atoms with van der Waals surface area (Å²) in [5.41, 5.74) is 2.92. The molecule has 0 aromatic heterocycles. The third kappa shape index (κ3) is 6.34. The molecule has 9 heteroatoms. The van der Waals surface area contributed by atoms with E-state index in [2.05, 4.69) is 16.8 Å². The molecule has 2 aromatic rings. The van der Waals surface area contributed by atoms with Crippen molar-refractivity contribution in [2.24, 2.45) is 5.92 Å². The summed E-state index contributed by atoms with van der Waals surface area (Å²) in [6, 6.07) is 12.9. The lowest BCUT2D eigenvalue weighted by Crippen LogP contribution is -2.47. The molecular formula is C28H37N3O5S. The van der Waals surface area contributed by atoms with Crippen LogP contribution in [0.4, 0.5) is 0 Å². The fourth-order valence-electron chi connectivity index (χ4n) is 5.35. The van der Waals surface area contributed by atoms with Gasteiger partial charge in [-0.2, -0.15) is 0 Å². The van der Waals surface area contributed by atoms with Gasteiger partial charge in [-0.15, -0.1) is 0 Å². The molecule has 2 saturated heterocycles. The molecule has 0 aliphatic carbocycles. The highest BCUT2D eigenvalue weighted by molar-refractivity contribution is 7.90. The summed E-state index contributed by atoms with van der Waals surface area (Å²) < 4.78 is 35.8. The van der Waals surface area contributed by atoms with E-state index in [4.69, 9.17) is 9.47 Å². The number of amides is 1. The minimum Gasteiger partial charge on any atom is -0.464 e. The van der Waals surface area contributed by atoms with Crippen molar-refractivity contribution in [2.75, 3.05) is 59.1 Å². The Morgan fingerprint density at radius 3 is 2.30 bits per heavy atom. The maximum Gasteiger partial charge on any atom is 0.223 e. The number of piperazine rings is 1. The van der Waals surface area contributed by atoms with Crippen LogP contribution < -0.4 is 4.74 Å². The Labute approximate surface area is 220 Å². The fraction of sp³-hybridized carbons (Fsp3) is 0.536. The second-order valence-electron chi connectivity index (χ2n) is 10.5. The quantitative estimate of drug-likeness (QED) is 0.572. The first-order valence-electron chi connectivity index (χ1n) is 13.2. The standard InChI is InChI=1S/C28H37N3O5S/c1-29-15-17-30(18-16-29)12-11-27(32)31-13-9-22(10-14-31)28-35-20-24-19-23(5-8-26(24)36-28)21-3-6-25(7-4-21)37(2,33)34/h3-8,19,22,28H,9-18,20H2,1-2H3. The van der Waals surface area contributed by atoms with Gasteiger partial charge in [-0.25, -0.2) is 8.42 Å². The molecule has 200 valence electrons. The SMILES string of the molecule is CN1CCN(CCC(=O)N2CCC(C3OCc4cc(-c5ccc(S(C)(=O)=O)cc5)ccc4O3)CC2)CC1. The molecule has 1 atom stereocenters. The number of benzene rings is 2. The predicted molar refractivity (Wildman–Crippen MR) is 142 cm³/mol. The summed E-state index contributed by atoms with van der Waals surface area (Å²) in [7, 11) is -1.07. The van der Waals surface area contributed by atoms with Gasteiger partial charge < -0.3 is 24.2 Å². The Morgan fingerprint density at radius 2 is 1.62 bits per heavy atom. The number of nitrogens with zero attached hydrogens (tertiary/aromatic N) is 3. The molecule has 0 saturated carbocycles. The first kappa shape index (κ1) is 26.2. The molecule has 0 spiro atoms. The average Bonchev–Trinajstić information content (AvgIpc) is 2.91. The minimum atomic E-state index is -3.22. The molecule has 0 N–H and O–H groups in total. The first-order valence-corrected chi connectivity index (χ1v) is 15.1. The number of rotatable bonds is 6. The van der Waals surface area contributed by atoms with Crippen molar-refractivity contribution in [1.29, 1.82) is 0 Å². The normalized spacial score (nSPS) is 21.9. The zero-order chi connectivity index (χ0) is 26.0. The van der Waals surface area contributed by atoms with Crippen molar-refractivity contribution in [3.8, 4) is 16.9 Å². The summed E-state index contributed by atoms with van der Waals surface area (Å²) >= 11 is 0. The van der Waals surface area contributed by atoms with Crippen LogP contribution >= 0.6 is 0 Å². The molecule has 2 fully saturated rings. The van der Waals surface area contributed by atoms with Crippen molar-refractivity contribution < 1.29 is 22.7 Å². The maximum atomic E-state index is 12.8. The van der Waals surface area contributed by atoms with Crippen molar-refractivity contribution >= 4 is 15.7 Å². The second-order valence-corrected chi connectivity index (χ2v) is 12.5. The monoisotopic (exact) mass is 527 g/mol. The zero-order valence-electron chi connectivity index (χ0n) is 21.8. The van der Waals surface area contributed by atoms with Gasteiger partial charge in [-0.05, 0) is 55.3 Å². The van der Waals surface area contributed by atoms with Crippen molar-refractivity contribution in [3.63, 3.8) is 0 Å². The van der Waals surface area contributed by atoms with E-state index in [1.54, 1.807) is 12.1 Å². The van der Waals surface area contributed by atoms with E-state index in [1.807, 2.05) is 35.2 Å². The number of carbonyl (C=O) groups is 1. The molecule has 5 rings (SSSR count). The van der Waals surface area contributed by atoms with E-state index in [9.17, 15) is 13.2 Å². The van der Waals surface area contributed by atoms with Crippen LogP contribution in [-0.4, -0.2) is 94.4 Å². The van der Waals surface area contributed by atoms with Crippen LogP contribution in [0, 0.1) is 5.92 Å². The third-order valence-electron chi connectivity index (χ3n) is 7.84. The van der Waals surface area contributed by atoms with Gasteiger partial charge in [0.15, 0.2) is 9.84 Å². The highest BCUT2D eigenvalue weighted by Gasteiger charge is 2.33. The lowest BCUT2D eigenvalue weighted by Gasteiger charge is -2.38. The van der Waals surface area contributed by atoms with E-state index in [0.29, 0.717) is 17.9 Å². The molecule has 8 nitrogen and oxygen atoms in total. The molecule has 3 aliphatic heterocycles. The van der Waals surface area contributed by atoms with Crippen LogP contribution in [0.1, 0.15) is 24.8 Å². The zero-order valence-corrected chi connectivity index (χ0v) is 22.6. The van der Waals surface area contributed by atoms with Crippen molar-refractivity contribution in [3.05, 3.63) is 48.0 Å². The van der Waals surface area contributed by atoms with Crippen LogP contribution in [0.3, 0.4) is 0 Å². The van der Waals surface area contributed by atoms with Gasteiger partial charge in [0.25, 0.3) is 0 Å². The topological polar surface area (TPSA) is 79.4 Å². The van der Waals surface area contributed by atoms with Crippen molar-refractivity contribution in [2.45, 2.75) is 37.1 Å². The van der Waals surface area contributed by atoms with Crippen LogP contribution in [-0.2, 0) is 26.0 Å². The largest absolute Gasteiger partial charge is 0.464 e. The first-order chi connectivity index (χ1) is 17.8. The molecule has 1 unspecified atom stereocenters. The summed E-state index contributed by atoms with van der Waals surface area (Å²) in [4.78, 5) is 19.8. The number of hydrogen-bond acceptors (Lipinski definition) is 7. The predicted octanol–water partition coefficient (Wildman–Crippen LogP) is 2.87. The smallest absolute Gasteiger partial charge is 0.223 e. The number of hydrogen-bond donors (Lipinski definition) is 0. The molecule has 3 heterocycles. The van der Waals surface area contributed by atoms with E-state index < -0.39 is 9.84 Å². The van der Waals surface area contributed by atoms with E-state index in [0.717, 1.165) is 81.1 Å². The number of ether oxygens (including phenoxy) is 2. The highest BCUT2D eigenvalue weighted by Crippen LogP contribution is 2.35. The summed E-state index contributed by atoms with van der Waals surface area (Å²) in [5.74, 6) is 1.35. The van der Waals surface area contributed by atoms with Gasteiger partial charge in [0, 0.05) is 70.0 Å². The van der Waals surface area contributed by atoms with Gasteiger partial charge in [-0.1, -0.05) is 18.2 Å². The summed E-state index contributed by atoms with van der Waals surface area (Å²) in [5, 5.41) is 0. The summed E-state index contributed by atoms with van der Waals surface area (Å²) in [6.45, 7) is 7.06. The summed E-state index contributed by atoms with van der Waals surface area (Å²) in [6.07, 6.45) is 3.27. The molecule has 0 bridgehead atoms. The Hall–Kier alpha value is -2.46. The van der Waals surface area contributed by atoms with E-state index in [-0.39, 0.29) is 18.1 Å². The lowest BCUT2D eigenvalue weighted by molar-refractivity contribution is -0.154. The number of likely N-dealkylation sites (tertiary alicyclic amines) is 1. The van der Waals surface area contributed by atoms with Crippen LogP contribution in [0.25, 0.3) is 11.1 Å². The van der Waals surface area contributed by atoms with Gasteiger partial charge in [0.2, 0.25) is 12.2 Å². The van der Waals surface area contributed by atoms with Crippen LogP contribution in [0.5, 0.6) is 5.75 Å². The molecule has 0 radical (unpaired) electrons. The number of piperidine rings is 1. The lowest BCUT2D eigenvalue weighted by atomic mass is 9.95. The van der Waals surface area contributed by atoms with Crippen LogP contribution in [0.15, 0.2) is 47.4 Å². The van der Waals surface area contributed by atoms with Crippen molar-refractivity contribution in [1.82, 2.24) is 14.7 Å². The average molecular weight is 528 g/mol. The maximum absolute atomic E-state index is 12.8. The number of sulfone groups is 1. The molecular weight excluding hydrogens is 490 g/mol. The third-order valence-corrected chi connectivity index (χ3v) is 8.97. The van der Waals surface area contributed by atoms with Gasteiger partial charge in [-0.3, -0.25) is 4.79 Å². The number of carbonyl (C=O) groups excluding carboxylic acids is 1. The van der Waals surface area contributed by atoms with E-state index in [1.165, 1.54) is 6.26 Å². The Balaban J connectivity index is 1.12. The Morgan fingerprint density at radius 1 is 0.946 bits per heavy atom. The van der Waals surface area contributed by atoms with E-state index >= 15 is 0 Å². The Kier molecular flexibility index (Phi) is 7.85. The van der Waals surface area contributed by atoms with Gasteiger partial charge in [0.1, 0.15) is 5.75 Å².